The molecule has 106 valence electrons. The van der Waals surface area contributed by atoms with Crippen molar-refractivity contribution in [2.75, 3.05) is 13.6 Å². The number of halogens is 1. The van der Waals surface area contributed by atoms with Crippen molar-refractivity contribution in [1.29, 1.82) is 0 Å². The summed E-state index contributed by atoms with van der Waals surface area (Å²) >= 11 is 0. The van der Waals surface area contributed by atoms with E-state index in [4.69, 9.17) is 5.73 Å². The van der Waals surface area contributed by atoms with Crippen molar-refractivity contribution in [1.82, 2.24) is 4.90 Å². The monoisotopic (exact) mass is 264 g/mol. The molecule has 0 amide bonds. The molecule has 1 aliphatic carbocycles. The summed E-state index contributed by atoms with van der Waals surface area (Å²) in [5.41, 5.74) is 8.14. The van der Waals surface area contributed by atoms with Gasteiger partial charge in [0.15, 0.2) is 0 Å². The van der Waals surface area contributed by atoms with Gasteiger partial charge in [-0.25, -0.2) is 4.39 Å². The smallest absolute Gasteiger partial charge is 0.123 e. The summed E-state index contributed by atoms with van der Waals surface area (Å²) in [6, 6.07) is 5.59. The lowest BCUT2D eigenvalue weighted by atomic mass is 9.83. The van der Waals surface area contributed by atoms with E-state index in [0.29, 0.717) is 12.0 Å². The summed E-state index contributed by atoms with van der Waals surface area (Å²) in [5.74, 6) is 0.445. The van der Waals surface area contributed by atoms with Gasteiger partial charge in [-0.2, -0.15) is 0 Å². The quantitative estimate of drug-likeness (QED) is 0.905. The maximum absolute atomic E-state index is 13.3. The maximum atomic E-state index is 13.3. The molecule has 0 heterocycles. The van der Waals surface area contributed by atoms with Crippen LogP contribution in [0.5, 0.6) is 0 Å². The van der Waals surface area contributed by atoms with Gasteiger partial charge in [0.1, 0.15) is 5.82 Å². The minimum atomic E-state index is -0.145. The molecular weight excluding hydrogens is 239 g/mol. The Labute approximate surface area is 115 Å². The van der Waals surface area contributed by atoms with Crippen LogP contribution in [-0.2, 0) is 6.54 Å². The van der Waals surface area contributed by atoms with E-state index < -0.39 is 0 Å². The van der Waals surface area contributed by atoms with Gasteiger partial charge in [0, 0.05) is 12.6 Å². The predicted molar refractivity (Wildman–Crippen MR) is 77.4 cm³/mol. The van der Waals surface area contributed by atoms with Gasteiger partial charge in [0.2, 0.25) is 0 Å². The van der Waals surface area contributed by atoms with Crippen molar-refractivity contribution < 1.29 is 4.39 Å². The molecule has 19 heavy (non-hydrogen) atoms. The van der Waals surface area contributed by atoms with Crippen LogP contribution in [0.2, 0.25) is 0 Å². The SMILES string of the molecule is Cc1ccc(F)cc1CN(C)C1CCCCC1CN. The van der Waals surface area contributed by atoms with E-state index in [1.54, 1.807) is 6.07 Å². The van der Waals surface area contributed by atoms with Gasteiger partial charge < -0.3 is 5.73 Å². The van der Waals surface area contributed by atoms with Gasteiger partial charge in [-0.05, 0) is 62.5 Å². The molecule has 0 aliphatic heterocycles. The molecule has 2 nitrogen and oxygen atoms in total. The zero-order valence-corrected chi connectivity index (χ0v) is 12.0. The molecule has 0 spiro atoms. The Bertz CT molecular complexity index is 419. The molecule has 0 saturated heterocycles. The van der Waals surface area contributed by atoms with Crippen molar-refractivity contribution in [3.8, 4) is 0 Å². The fourth-order valence-electron chi connectivity index (χ4n) is 3.24. The van der Waals surface area contributed by atoms with E-state index in [1.165, 1.54) is 31.7 Å². The highest BCUT2D eigenvalue weighted by Gasteiger charge is 2.27. The van der Waals surface area contributed by atoms with Crippen LogP contribution in [0, 0.1) is 18.7 Å². The van der Waals surface area contributed by atoms with Crippen LogP contribution in [-0.4, -0.2) is 24.5 Å². The summed E-state index contributed by atoms with van der Waals surface area (Å²) in [6.45, 7) is 3.62. The van der Waals surface area contributed by atoms with Crippen molar-refractivity contribution in [2.45, 2.75) is 45.2 Å². The minimum absolute atomic E-state index is 0.145. The van der Waals surface area contributed by atoms with Crippen LogP contribution in [0.4, 0.5) is 4.39 Å². The van der Waals surface area contributed by atoms with E-state index >= 15 is 0 Å². The Balaban J connectivity index is 2.06. The first kappa shape index (κ1) is 14.5. The lowest BCUT2D eigenvalue weighted by Gasteiger charge is -2.37. The average Bonchev–Trinajstić information content (AvgIpc) is 2.42. The number of nitrogens with zero attached hydrogens (tertiary/aromatic N) is 1. The number of nitrogens with two attached hydrogens (primary N) is 1. The third-order valence-corrected chi connectivity index (χ3v) is 4.47. The molecular formula is C16H25FN2. The van der Waals surface area contributed by atoms with Crippen LogP contribution >= 0.6 is 0 Å². The highest BCUT2D eigenvalue weighted by atomic mass is 19.1. The first-order valence-corrected chi connectivity index (χ1v) is 7.27. The zero-order valence-electron chi connectivity index (χ0n) is 12.0. The second-order valence-corrected chi connectivity index (χ2v) is 5.83. The zero-order chi connectivity index (χ0) is 13.8. The largest absolute Gasteiger partial charge is 0.330 e. The number of benzene rings is 1. The molecule has 1 saturated carbocycles. The molecule has 2 atom stereocenters. The summed E-state index contributed by atoms with van der Waals surface area (Å²) in [6.07, 6.45) is 5.03. The molecule has 0 aromatic heterocycles. The molecule has 2 N–H and O–H groups in total. The summed E-state index contributed by atoms with van der Waals surface area (Å²) in [4.78, 5) is 2.36. The fraction of sp³-hybridized carbons (Fsp3) is 0.625. The molecule has 0 bridgehead atoms. The number of hydrogen-bond acceptors (Lipinski definition) is 2. The van der Waals surface area contributed by atoms with E-state index in [2.05, 4.69) is 11.9 Å². The van der Waals surface area contributed by atoms with Crippen LogP contribution in [0.15, 0.2) is 18.2 Å². The van der Waals surface area contributed by atoms with E-state index in [0.717, 1.165) is 24.2 Å². The standard InChI is InChI=1S/C16H25FN2/c1-12-7-8-15(17)9-14(12)11-19(2)16-6-4-3-5-13(16)10-18/h7-9,13,16H,3-6,10-11,18H2,1-2H3. The Morgan fingerprint density at radius 1 is 1.32 bits per heavy atom. The Morgan fingerprint density at radius 3 is 2.79 bits per heavy atom. The third kappa shape index (κ3) is 3.54. The average molecular weight is 264 g/mol. The van der Waals surface area contributed by atoms with Gasteiger partial charge in [0.25, 0.3) is 0 Å². The normalized spacial score (nSPS) is 23.8. The number of aryl methyl sites for hydroxylation is 1. The topological polar surface area (TPSA) is 29.3 Å². The molecule has 1 aromatic carbocycles. The van der Waals surface area contributed by atoms with Crippen molar-refractivity contribution in [3.05, 3.63) is 35.1 Å². The van der Waals surface area contributed by atoms with E-state index in [1.807, 2.05) is 13.0 Å². The van der Waals surface area contributed by atoms with E-state index in [9.17, 15) is 4.39 Å². The first-order chi connectivity index (χ1) is 9.11. The lowest BCUT2D eigenvalue weighted by Crippen LogP contribution is -2.42. The first-order valence-electron chi connectivity index (χ1n) is 7.27. The Morgan fingerprint density at radius 2 is 2.05 bits per heavy atom. The molecule has 0 radical (unpaired) electrons. The van der Waals surface area contributed by atoms with E-state index in [-0.39, 0.29) is 5.82 Å². The second kappa shape index (κ2) is 6.49. The van der Waals surface area contributed by atoms with Gasteiger partial charge in [-0.15, -0.1) is 0 Å². The number of hydrogen-bond donors (Lipinski definition) is 1. The maximum Gasteiger partial charge on any atom is 0.123 e. The highest BCUT2D eigenvalue weighted by Crippen LogP contribution is 2.28. The minimum Gasteiger partial charge on any atom is -0.330 e. The highest BCUT2D eigenvalue weighted by molar-refractivity contribution is 5.26. The Hall–Kier alpha value is -0.930. The molecule has 2 unspecified atom stereocenters. The van der Waals surface area contributed by atoms with Crippen molar-refractivity contribution in [3.63, 3.8) is 0 Å². The van der Waals surface area contributed by atoms with Crippen LogP contribution in [0.3, 0.4) is 0 Å². The number of rotatable bonds is 4. The molecule has 1 aromatic rings. The lowest BCUT2D eigenvalue weighted by molar-refractivity contribution is 0.127. The molecule has 3 heteroatoms. The summed E-state index contributed by atoms with van der Waals surface area (Å²) in [5, 5.41) is 0. The van der Waals surface area contributed by atoms with Crippen LogP contribution in [0.1, 0.15) is 36.8 Å². The molecule has 1 fully saturated rings. The Kier molecular flexibility index (Phi) is 4.94. The third-order valence-electron chi connectivity index (χ3n) is 4.47. The van der Waals surface area contributed by atoms with Crippen LogP contribution in [0.25, 0.3) is 0 Å². The van der Waals surface area contributed by atoms with Gasteiger partial charge in [-0.1, -0.05) is 18.9 Å². The van der Waals surface area contributed by atoms with Gasteiger partial charge >= 0.3 is 0 Å². The van der Waals surface area contributed by atoms with Crippen molar-refractivity contribution in [2.24, 2.45) is 11.7 Å². The van der Waals surface area contributed by atoms with Crippen molar-refractivity contribution >= 4 is 0 Å². The van der Waals surface area contributed by atoms with Crippen LogP contribution < -0.4 is 5.73 Å². The fourth-order valence-corrected chi connectivity index (χ4v) is 3.24. The molecule has 2 rings (SSSR count). The van der Waals surface area contributed by atoms with Gasteiger partial charge in [0.05, 0.1) is 0 Å². The summed E-state index contributed by atoms with van der Waals surface area (Å²) in [7, 11) is 2.14. The van der Waals surface area contributed by atoms with Gasteiger partial charge in [-0.3, -0.25) is 4.90 Å². The molecule has 1 aliphatic rings. The second-order valence-electron chi connectivity index (χ2n) is 5.83. The predicted octanol–water partition coefficient (Wildman–Crippen LogP) is 3.08. The summed E-state index contributed by atoms with van der Waals surface area (Å²) < 4.78 is 13.3.